The Morgan fingerprint density at radius 1 is 1.05 bits per heavy atom. The van der Waals surface area contributed by atoms with Gasteiger partial charge in [0.05, 0.1) is 0 Å². The largest absolute Gasteiger partial charge is 0.326 e. The predicted octanol–water partition coefficient (Wildman–Crippen LogP) is 3.60. The van der Waals surface area contributed by atoms with E-state index in [-0.39, 0.29) is 11.7 Å². The van der Waals surface area contributed by atoms with Gasteiger partial charge in [-0.05, 0) is 42.0 Å². The summed E-state index contributed by atoms with van der Waals surface area (Å²) in [5.41, 5.74) is 1.71. The van der Waals surface area contributed by atoms with Gasteiger partial charge in [-0.15, -0.1) is 0 Å². The number of rotatable bonds is 6. The summed E-state index contributed by atoms with van der Waals surface area (Å²) in [6.45, 7) is 1.25. The smallest absolute Gasteiger partial charge is 0.225 e. The molecule has 2 N–H and O–H groups in total. The Kier molecular flexibility index (Phi) is 5.72. The standard InChI is InChI=1S/C16H16ClFN2O/c17-13-3-1-12(2-4-13)11-19-10-9-16(21)20-15-7-5-14(18)6-8-15/h1-8,19H,9-11H2,(H,20,21). The highest BCUT2D eigenvalue weighted by molar-refractivity contribution is 6.30. The van der Waals surface area contributed by atoms with Crippen molar-refractivity contribution in [1.82, 2.24) is 5.32 Å². The molecular weight excluding hydrogens is 291 g/mol. The van der Waals surface area contributed by atoms with Crippen molar-refractivity contribution >= 4 is 23.2 Å². The van der Waals surface area contributed by atoms with Crippen molar-refractivity contribution in [2.24, 2.45) is 0 Å². The Hall–Kier alpha value is -1.91. The first kappa shape index (κ1) is 15.5. The maximum atomic E-state index is 12.7. The highest BCUT2D eigenvalue weighted by Gasteiger charge is 2.02. The van der Waals surface area contributed by atoms with Gasteiger partial charge >= 0.3 is 0 Å². The van der Waals surface area contributed by atoms with E-state index in [0.717, 1.165) is 5.56 Å². The minimum absolute atomic E-state index is 0.106. The number of carbonyl (C=O) groups excluding carboxylic acids is 1. The Morgan fingerprint density at radius 3 is 2.38 bits per heavy atom. The predicted molar refractivity (Wildman–Crippen MR) is 82.8 cm³/mol. The zero-order valence-electron chi connectivity index (χ0n) is 11.4. The molecule has 0 saturated carbocycles. The molecule has 0 unspecified atom stereocenters. The van der Waals surface area contributed by atoms with Crippen LogP contribution in [0.25, 0.3) is 0 Å². The summed E-state index contributed by atoms with van der Waals surface area (Å²) in [5.74, 6) is -0.428. The Balaban J connectivity index is 1.67. The van der Waals surface area contributed by atoms with Crippen LogP contribution in [0.3, 0.4) is 0 Å². The fraction of sp³-hybridized carbons (Fsp3) is 0.188. The molecule has 110 valence electrons. The second-order valence-corrected chi connectivity index (χ2v) is 5.04. The van der Waals surface area contributed by atoms with Crippen LogP contribution in [0.4, 0.5) is 10.1 Å². The number of benzene rings is 2. The van der Waals surface area contributed by atoms with Gasteiger partial charge in [-0.1, -0.05) is 23.7 Å². The zero-order valence-corrected chi connectivity index (χ0v) is 12.2. The van der Waals surface area contributed by atoms with Gasteiger partial charge in [-0.3, -0.25) is 4.79 Å². The molecule has 2 aromatic rings. The van der Waals surface area contributed by atoms with E-state index in [9.17, 15) is 9.18 Å². The number of hydrogen-bond acceptors (Lipinski definition) is 2. The molecule has 0 radical (unpaired) electrons. The van der Waals surface area contributed by atoms with Crippen LogP contribution in [-0.4, -0.2) is 12.5 Å². The first-order chi connectivity index (χ1) is 10.1. The van der Waals surface area contributed by atoms with Gasteiger partial charge in [0.15, 0.2) is 0 Å². The molecule has 3 nitrogen and oxygen atoms in total. The van der Waals surface area contributed by atoms with Crippen molar-refractivity contribution in [1.29, 1.82) is 0 Å². The van der Waals surface area contributed by atoms with E-state index in [4.69, 9.17) is 11.6 Å². The van der Waals surface area contributed by atoms with E-state index < -0.39 is 0 Å². The summed E-state index contributed by atoms with van der Waals surface area (Å²) in [4.78, 5) is 11.7. The molecule has 1 amide bonds. The SMILES string of the molecule is O=C(CCNCc1ccc(Cl)cc1)Nc1ccc(F)cc1. The Labute approximate surface area is 128 Å². The van der Waals surface area contributed by atoms with Crippen molar-refractivity contribution in [2.45, 2.75) is 13.0 Å². The first-order valence-corrected chi connectivity index (χ1v) is 7.02. The maximum absolute atomic E-state index is 12.7. The Bertz CT molecular complexity index is 584. The number of hydrogen-bond donors (Lipinski definition) is 2. The van der Waals surface area contributed by atoms with E-state index in [1.807, 2.05) is 24.3 Å². The molecule has 0 aliphatic rings. The number of carbonyl (C=O) groups is 1. The van der Waals surface area contributed by atoms with Gasteiger partial charge < -0.3 is 10.6 Å². The molecule has 0 aliphatic carbocycles. The van der Waals surface area contributed by atoms with Crippen LogP contribution in [-0.2, 0) is 11.3 Å². The van der Waals surface area contributed by atoms with Gasteiger partial charge in [0.2, 0.25) is 5.91 Å². The van der Waals surface area contributed by atoms with Crippen LogP contribution < -0.4 is 10.6 Å². The second kappa shape index (κ2) is 7.76. The minimum atomic E-state index is -0.322. The lowest BCUT2D eigenvalue weighted by Gasteiger charge is -2.07. The van der Waals surface area contributed by atoms with E-state index in [2.05, 4.69) is 10.6 Å². The minimum Gasteiger partial charge on any atom is -0.326 e. The van der Waals surface area contributed by atoms with Crippen LogP contribution in [0, 0.1) is 5.82 Å². The van der Waals surface area contributed by atoms with Crippen LogP contribution >= 0.6 is 11.6 Å². The van der Waals surface area contributed by atoms with Gasteiger partial charge in [0.1, 0.15) is 5.82 Å². The number of amides is 1. The van der Waals surface area contributed by atoms with Crippen molar-refractivity contribution in [2.75, 3.05) is 11.9 Å². The summed E-state index contributed by atoms with van der Waals surface area (Å²) < 4.78 is 12.7. The van der Waals surface area contributed by atoms with Gasteiger partial charge in [0.25, 0.3) is 0 Å². The molecule has 0 aliphatic heterocycles. The van der Waals surface area contributed by atoms with Crippen molar-refractivity contribution in [3.05, 3.63) is 64.9 Å². The second-order valence-electron chi connectivity index (χ2n) is 4.61. The van der Waals surface area contributed by atoms with Crippen LogP contribution in [0.15, 0.2) is 48.5 Å². The molecule has 0 bridgehead atoms. The van der Waals surface area contributed by atoms with Crippen molar-refractivity contribution in [3.63, 3.8) is 0 Å². The Morgan fingerprint density at radius 2 is 1.71 bits per heavy atom. The van der Waals surface area contributed by atoms with E-state index in [1.54, 1.807) is 0 Å². The molecule has 0 aromatic heterocycles. The maximum Gasteiger partial charge on any atom is 0.225 e. The molecular formula is C16H16ClFN2O. The van der Waals surface area contributed by atoms with Gasteiger partial charge in [0, 0.05) is 30.2 Å². The third-order valence-electron chi connectivity index (χ3n) is 2.90. The van der Waals surface area contributed by atoms with Crippen LogP contribution in [0.2, 0.25) is 5.02 Å². The highest BCUT2D eigenvalue weighted by Crippen LogP contribution is 2.10. The fourth-order valence-corrected chi connectivity index (χ4v) is 1.92. The molecule has 2 rings (SSSR count). The molecule has 0 heterocycles. The third kappa shape index (κ3) is 5.53. The van der Waals surface area contributed by atoms with Crippen LogP contribution in [0.5, 0.6) is 0 Å². The summed E-state index contributed by atoms with van der Waals surface area (Å²) in [6, 6.07) is 13.2. The lowest BCUT2D eigenvalue weighted by molar-refractivity contribution is -0.116. The van der Waals surface area contributed by atoms with Gasteiger partial charge in [-0.2, -0.15) is 0 Å². The average Bonchev–Trinajstić information content (AvgIpc) is 2.48. The van der Waals surface area contributed by atoms with Crippen molar-refractivity contribution in [3.8, 4) is 0 Å². The topological polar surface area (TPSA) is 41.1 Å². The summed E-state index contributed by atoms with van der Waals surface area (Å²) in [7, 11) is 0. The molecule has 21 heavy (non-hydrogen) atoms. The molecule has 5 heteroatoms. The monoisotopic (exact) mass is 306 g/mol. The molecule has 0 fully saturated rings. The lowest BCUT2D eigenvalue weighted by Crippen LogP contribution is -2.21. The van der Waals surface area contributed by atoms with Crippen LogP contribution in [0.1, 0.15) is 12.0 Å². The molecule has 2 aromatic carbocycles. The number of nitrogens with one attached hydrogen (secondary N) is 2. The third-order valence-corrected chi connectivity index (χ3v) is 3.15. The number of anilines is 1. The average molecular weight is 307 g/mol. The van der Waals surface area contributed by atoms with E-state index in [0.29, 0.717) is 30.2 Å². The highest BCUT2D eigenvalue weighted by atomic mass is 35.5. The molecule has 0 spiro atoms. The summed E-state index contributed by atoms with van der Waals surface area (Å²) in [6.07, 6.45) is 0.352. The quantitative estimate of drug-likeness (QED) is 0.801. The van der Waals surface area contributed by atoms with Crippen molar-refractivity contribution < 1.29 is 9.18 Å². The number of halogens is 2. The lowest BCUT2D eigenvalue weighted by atomic mass is 10.2. The van der Waals surface area contributed by atoms with E-state index in [1.165, 1.54) is 24.3 Å². The first-order valence-electron chi connectivity index (χ1n) is 6.64. The fourth-order valence-electron chi connectivity index (χ4n) is 1.79. The van der Waals surface area contributed by atoms with Gasteiger partial charge in [-0.25, -0.2) is 4.39 Å². The van der Waals surface area contributed by atoms with E-state index >= 15 is 0 Å². The molecule has 0 atom stereocenters. The normalized spacial score (nSPS) is 10.4. The summed E-state index contributed by atoms with van der Waals surface area (Å²) in [5, 5.41) is 6.60. The zero-order chi connectivity index (χ0) is 15.1. The summed E-state index contributed by atoms with van der Waals surface area (Å²) >= 11 is 5.80. The molecule has 0 saturated heterocycles.